The third-order valence-electron chi connectivity index (χ3n) is 4.82. The van der Waals surface area contributed by atoms with E-state index in [0.29, 0.717) is 5.75 Å². The molecule has 4 nitrogen and oxygen atoms in total. The fraction of sp³-hybridized carbons (Fsp3) is 0.588. The van der Waals surface area contributed by atoms with Crippen LogP contribution in [0, 0.1) is 0 Å². The molecular weight excluding hydrogens is 336 g/mol. The van der Waals surface area contributed by atoms with Gasteiger partial charge in [0.1, 0.15) is 5.75 Å². The first-order valence-electron chi connectivity index (χ1n) is 7.97. The van der Waals surface area contributed by atoms with Gasteiger partial charge in [0, 0.05) is 12.0 Å². The maximum atomic E-state index is 13.6. The van der Waals surface area contributed by atoms with Crippen molar-refractivity contribution in [1.82, 2.24) is 0 Å². The number of ether oxygens (including phenoxy) is 1. The summed E-state index contributed by atoms with van der Waals surface area (Å²) in [6.45, 7) is 6.68. The average molecular weight is 358 g/mol. The highest BCUT2D eigenvalue weighted by Gasteiger charge is 2.60. The van der Waals surface area contributed by atoms with E-state index < -0.39 is 42.5 Å². The van der Waals surface area contributed by atoms with E-state index in [4.69, 9.17) is 14.0 Å². The normalized spacial score (nSPS) is 20.4. The van der Waals surface area contributed by atoms with Crippen LogP contribution in [-0.2, 0) is 9.31 Å². The van der Waals surface area contributed by atoms with Gasteiger partial charge in [0.2, 0.25) is 0 Å². The van der Waals surface area contributed by atoms with Gasteiger partial charge in [-0.05, 0) is 39.8 Å². The minimum Gasteiger partial charge on any atom is -0.497 e. The Morgan fingerprint density at radius 3 is 2.24 bits per heavy atom. The third kappa shape index (κ3) is 4.18. The zero-order valence-corrected chi connectivity index (χ0v) is 14.9. The predicted molar refractivity (Wildman–Crippen MR) is 87.8 cm³/mol. The zero-order valence-electron chi connectivity index (χ0n) is 14.9. The number of Topliss-reactive ketones (excluding diaryl/α,β-unsaturated/α-hetero) is 1. The maximum absolute atomic E-state index is 13.6. The second-order valence-electron chi connectivity index (χ2n) is 7.13. The highest BCUT2D eigenvalue weighted by atomic mass is 19.4. The molecular formula is C17H22BF3O4. The molecule has 1 atom stereocenters. The Hall–Kier alpha value is -1.54. The van der Waals surface area contributed by atoms with E-state index in [1.165, 1.54) is 19.2 Å². The van der Waals surface area contributed by atoms with Gasteiger partial charge in [0.15, 0.2) is 5.78 Å². The SMILES string of the molecule is COc1cccc(C(=O)C[C@H](B2OC(C)(C)C(C)(C)O2)C(F)(F)F)c1. The third-order valence-corrected chi connectivity index (χ3v) is 4.82. The fourth-order valence-corrected chi connectivity index (χ4v) is 2.53. The van der Waals surface area contributed by atoms with Gasteiger partial charge in [-0.3, -0.25) is 4.79 Å². The van der Waals surface area contributed by atoms with Crippen molar-refractivity contribution in [3.05, 3.63) is 29.8 Å². The van der Waals surface area contributed by atoms with Gasteiger partial charge in [-0.1, -0.05) is 12.1 Å². The Morgan fingerprint density at radius 1 is 1.20 bits per heavy atom. The van der Waals surface area contributed by atoms with Crippen LogP contribution in [0.1, 0.15) is 44.5 Å². The summed E-state index contributed by atoms with van der Waals surface area (Å²) in [5.74, 6) is -2.28. The van der Waals surface area contributed by atoms with Crippen molar-refractivity contribution < 1.29 is 32.0 Å². The highest BCUT2D eigenvalue weighted by Crippen LogP contribution is 2.46. The minimum atomic E-state index is -4.63. The van der Waals surface area contributed by atoms with E-state index in [0.717, 1.165) is 0 Å². The number of alkyl halides is 3. The summed E-state index contributed by atoms with van der Waals surface area (Å²) in [5.41, 5.74) is -1.65. The molecule has 2 rings (SSSR count). The second kappa shape index (κ2) is 6.65. The molecule has 0 unspecified atom stereocenters. The first-order chi connectivity index (χ1) is 11.4. The van der Waals surface area contributed by atoms with Crippen LogP contribution in [0.25, 0.3) is 0 Å². The van der Waals surface area contributed by atoms with Crippen LogP contribution in [-0.4, -0.2) is 37.4 Å². The van der Waals surface area contributed by atoms with E-state index in [-0.39, 0.29) is 5.56 Å². The minimum absolute atomic E-state index is 0.158. The van der Waals surface area contributed by atoms with E-state index >= 15 is 0 Å². The number of ketones is 1. The summed E-state index contributed by atoms with van der Waals surface area (Å²) in [6, 6.07) is 6.05. The van der Waals surface area contributed by atoms with E-state index in [2.05, 4.69) is 0 Å². The summed E-state index contributed by atoms with van der Waals surface area (Å²) in [6.07, 6.45) is -5.39. The number of halogens is 3. The van der Waals surface area contributed by atoms with Gasteiger partial charge in [-0.15, -0.1) is 0 Å². The molecule has 8 heteroatoms. The molecule has 0 spiro atoms. The lowest BCUT2D eigenvalue weighted by Gasteiger charge is -2.32. The summed E-state index contributed by atoms with van der Waals surface area (Å²) in [5, 5.41) is 0. The lowest BCUT2D eigenvalue weighted by Crippen LogP contribution is -2.41. The molecule has 1 saturated heterocycles. The molecule has 0 aromatic heterocycles. The van der Waals surface area contributed by atoms with Crippen molar-refractivity contribution in [2.45, 2.75) is 57.3 Å². The van der Waals surface area contributed by atoms with Gasteiger partial charge in [-0.2, -0.15) is 13.2 Å². The molecule has 0 saturated carbocycles. The van der Waals surface area contributed by atoms with Crippen LogP contribution in [0.5, 0.6) is 5.75 Å². The van der Waals surface area contributed by atoms with Crippen molar-refractivity contribution in [3.8, 4) is 5.75 Å². The number of hydrogen-bond acceptors (Lipinski definition) is 4. The molecule has 1 fully saturated rings. The number of carbonyl (C=O) groups excluding carboxylic acids is 1. The van der Waals surface area contributed by atoms with Crippen molar-refractivity contribution in [1.29, 1.82) is 0 Å². The maximum Gasteiger partial charge on any atom is 0.470 e. The van der Waals surface area contributed by atoms with Gasteiger partial charge < -0.3 is 14.0 Å². The Balaban J connectivity index is 2.23. The smallest absolute Gasteiger partial charge is 0.470 e. The molecule has 0 bridgehead atoms. The second-order valence-corrected chi connectivity index (χ2v) is 7.13. The van der Waals surface area contributed by atoms with Crippen molar-refractivity contribution >= 4 is 12.9 Å². The summed E-state index contributed by atoms with van der Waals surface area (Å²) in [4.78, 5) is 12.4. The van der Waals surface area contributed by atoms with Crippen LogP contribution in [0.2, 0.25) is 5.82 Å². The quantitative estimate of drug-likeness (QED) is 0.582. The lowest BCUT2D eigenvalue weighted by atomic mass is 9.68. The zero-order chi connectivity index (χ0) is 19.0. The largest absolute Gasteiger partial charge is 0.497 e. The van der Waals surface area contributed by atoms with Gasteiger partial charge in [0.25, 0.3) is 0 Å². The van der Waals surface area contributed by atoms with Crippen LogP contribution in [0.15, 0.2) is 24.3 Å². The predicted octanol–water partition coefficient (Wildman–Crippen LogP) is 4.29. The van der Waals surface area contributed by atoms with Crippen molar-refractivity contribution in [3.63, 3.8) is 0 Å². The fourth-order valence-electron chi connectivity index (χ4n) is 2.53. The number of methoxy groups -OCH3 is 1. The number of rotatable bonds is 5. The Morgan fingerprint density at radius 2 is 1.76 bits per heavy atom. The highest BCUT2D eigenvalue weighted by molar-refractivity contribution is 6.48. The first-order valence-corrected chi connectivity index (χ1v) is 7.97. The molecule has 1 aliphatic rings. The van der Waals surface area contributed by atoms with Crippen LogP contribution < -0.4 is 4.74 Å². The lowest BCUT2D eigenvalue weighted by molar-refractivity contribution is -0.138. The van der Waals surface area contributed by atoms with E-state index in [1.54, 1.807) is 39.8 Å². The molecule has 1 heterocycles. The molecule has 1 aromatic rings. The molecule has 0 radical (unpaired) electrons. The molecule has 0 N–H and O–H groups in total. The molecule has 25 heavy (non-hydrogen) atoms. The first kappa shape index (κ1) is 19.8. The topological polar surface area (TPSA) is 44.8 Å². The molecule has 1 aromatic carbocycles. The summed E-state index contributed by atoms with van der Waals surface area (Å²) in [7, 11) is -0.105. The van der Waals surface area contributed by atoms with Crippen LogP contribution in [0.3, 0.4) is 0 Å². The van der Waals surface area contributed by atoms with E-state index in [9.17, 15) is 18.0 Å². The number of hydrogen-bond donors (Lipinski definition) is 0. The number of benzene rings is 1. The van der Waals surface area contributed by atoms with E-state index in [1.807, 2.05) is 0 Å². The van der Waals surface area contributed by atoms with Gasteiger partial charge >= 0.3 is 13.3 Å². The van der Waals surface area contributed by atoms with Crippen molar-refractivity contribution in [2.75, 3.05) is 7.11 Å². The molecule has 0 aliphatic carbocycles. The standard InChI is InChI=1S/C17H22BF3O4/c1-15(2)16(3,4)25-18(24-15)14(17(19,20)21)10-13(22)11-7-6-8-12(9-11)23-5/h6-9,14H,10H2,1-5H3/t14-/m0/s1. The molecule has 1 aliphatic heterocycles. The van der Waals surface area contributed by atoms with Gasteiger partial charge in [-0.25, -0.2) is 0 Å². The number of carbonyl (C=O) groups is 1. The Labute approximate surface area is 145 Å². The summed E-state index contributed by atoms with van der Waals surface area (Å²) < 4.78 is 56.7. The monoisotopic (exact) mass is 358 g/mol. The molecule has 138 valence electrons. The van der Waals surface area contributed by atoms with Crippen LogP contribution >= 0.6 is 0 Å². The Bertz CT molecular complexity index is 627. The average Bonchev–Trinajstić information content (AvgIpc) is 2.71. The van der Waals surface area contributed by atoms with Crippen LogP contribution in [0.4, 0.5) is 13.2 Å². The van der Waals surface area contributed by atoms with Crippen molar-refractivity contribution in [2.24, 2.45) is 0 Å². The van der Waals surface area contributed by atoms with Gasteiger partial charge in [0.05, 0.1) is 24.1 Å². The molecule has 0 amide bonds. The summed E-state index contributed by atoms with van der Waals surface area (Å²) >= 11 is 0. The Kier molecular flexibility index (Phi) is 5.26.